The van der Waals surface area contributed by atoms with Crippen LogP contribution < -0.4 is 5.32 Å². The van der Waals surface area contributed by atoms with Gasteiger partial charge in [-0.3, -0.25) is 4.79 Å². The average Bonchev–Trinajstić information content (AvgIpc) is 2.62. The SMILES string of the molecule is Cc1ccc(S(=O)(=O)N2CCC[C@@H](C(=O)Nc3cccc(F)c3)C2)cc1. The molecule has 0 saturated carbocycles. The van der Waals surface area contributed by atoms with E-state index in [0.29, 0.717) is 25.1 Å². The average molecular weight is 376 g/mol. The quantitative estimate of drug-likeness (QED) is 0.891. The molecule has 7 heteroatoms. The number of benzene rings is 2. The van der Waals surface area contributed by atoms with Crippen molar-refractivity contribution in [2.75, 3.05) is 18.4 Å². The molecule has 5 nitrogen and oxygen atoms in total. The maximum atomic E-state index is 13.3. The summed E-state index contributed by atoms with van der Waals surface area (Å²) in [6.45, 7) is 2.40. The molecule has 1 fully saturated rings. The smallest absolute Gasteiger partial charge is 0.243 e. The third-order valence-electron chi connectivity index (χ3n) is 4.51. The van der Waals surface area contributed by atoms with Crippen LogP contribution in [0.15, 0.2) is 53.4 Å². The van der Waals surface area contributed by atoms with Gasteiger partial charge in [-0.05, 0) is 50.1 Å². The van der Waals surface area contributed by atoms with Crippen molar-refractivity contribution < 1.29 is 17.6 Å². The van der Waals surface area contributed by atoms with E-state index in [-0.39, 0.29) is 17.3 Å². The van der Waals surface area contributed by atoms with Crippen molar-refractivity contribution in [1.82, 2.24) is 4.31 Å². The Balaban J connectivity index is 1.72. The van der Waals surface area contributed by atoms with Gasteiger partial charge in [0.1, 0.15) is 5.82 Å². The van der Waals surface area contributed by atoms with Crippen LogP contribution in [-0.2, 0) is 14.8 Å². The molecule has 1 saturated heterocycles. The van der Waals surface area contributed by atoms with Crippen LogP contribution in [-0.4, -0.2) is 31.7 Å². The third-order valence-corrected chi connectivity index (χ3v) is 6.39. The first kappa shape index (κ1) is 18.5. The molecule has 2 aromatic rings. The highest BCUT2D eigenvalue weighted by molar-refractivity contribution is 7.89. The van der Waals surface area contributed by atoms with E-state index < -0.39 is 21.8 Å². The lowest BCUT2D eigenvalue weighted by atomic mass is 9.99. The second kappa shape index (κ2) is 7.55. The molecule has 0 spiro atoms. The zero-order valence-corrected chi connectivity index (χ0v) is 15.3. The van der Waals surface area contributed by atoms with Crippen LogP contribution >= 0.6 is 0 Å². The Morgan fingerprint density at radius 3 is 2.62 bits per heavy atom. The molecule has 2 aromatic carbocycles. The fourth-order valence-electron chi connectivity index (χ4n) is 3.04. The molecule has 0 aromatic heterocycles. The normalized spacial score (nSPS) is 18.5. The molecule has 1 aliphatic heterocycles. The van der Waals surface area contributed by atoms with Gasteiger partial charge in [-0.25, -0.2) is 12.8 Å². The summed E-state index contributed by atoms with van der Waals surface area (Å²) in [7, 11) is -3.63. The van der Waals surface area contributed by atoms with Crippen molar-refractivity contribution >= 4 is 21.6 Å². The Morgan fingerprint density at radius 1 is 1.19 bits per heavy atom. The first-order valence-corrected chi connectivity index (χ1v) is 9.93. The van der Waals surface area contributed by atoms with Crippen molar-refractivity contribution in [2.24, 2.45) is 5.92 Å². The summed E-state index contributed by atoms with van der Waals surface area (Å²) in [5.74, 6) is -1.19. The predicted molar refractivity (Wildman–Crippen MR) is 97.7 cm³/mol. The highest BCUT2D eigenvalue weighted by atomic mass is 32.2. The molecular weight excluding hydrogens is 355 g/mol. The first-order valence-electron chi connectivity index (χ1n) is 8.49. The Hall–Kier alpha value is -2.25. The highest BCUT2D eigenvalue weighted by Gasteiger charge is 2.33. The van der Waals surface area contributed by atoms with E-state index in [1.54, 1.807) is 30.3 Å². The Morgan fingerprint density at radius 2 is 1.92 bits per heavy atom. The Kier molecular flexibility index (Phi) is 5.38. The molecule has 0 radical (unpaired) electrons. The van der Waals surface area contributed by atoms with Crippen molar-refractivity contribution in [3.63, 3.8) is 0 Å². The number of hydrogen-bond donors (Lipinski definition) is 1. The van der Waals surface area contributed by atoms with E-state index in [4.69, 9.17) is 0 Å². The fraction of sp³-hybridized carbons (Fsp3) is 0.316. The van der Waals surface area contributed by atoms with Crippen LogP contribution in [0.25, 0.3) is 0 Å². The van der Waals surface area contributed by atoms with Crippen LogP contribution in [0, 0.1) is 18.7 Å². The van der Waals surface area contributed by atoms with Gasteiger partial charge in [0.15, 0.2) is 0 Å². The number of piperidine rings is 1. The van der Waals surface area contributed by atoms with Gasteiger partial charge in [-0.2, -0.15) is 4.31 Å². The number of carbonyl (C=O) groups is 1. The van der Waals surface area contributed by atoms with Crippen molar-refractivity contribution in [3.05, 3.63) is 59.9 Å². The molecule has 26 heavy (non-hydrogen) atoms. The minimum absolute atomic E-state index is 0.122. The maximum Gasteiger partial charge on any atom is 0.243 e. The van der Waals surface area contributed by atoms with E-state index in [2.05, 4.69) is 5.32 Å². The monoisotopic (exact) mass is 376 g/mol. The van der Waals surface area contributed by atoms with Gasteiger partial charge in [-0.15, -0.1) is 0 Å². The lowest BCUT2D eigenvalue weighted by molar-refractivity contribution is -0.120. The van der Waals surface area contributed by atoms with Crippen LogP contribution in [0.4, 0.5) is 10.1 Å². The molecule has 1 N–H and O–H groups in total. The number of halogens is 1. The second-order valence-corrected chi connectivity index (χ2v) is 8.45. The topological polar surface area (TPSA) is 66.5 Å². The van der Waals surface area contributed by atoms with E-state index in [1.807, 2.05) is 6.92 Å². The van der Waals surface area contributed by atoms with Crippen LogP contribution in [0.3, 0.4) is 0 Å². The lowest BCUT2D eigenvalue weighted by Crippen LogP contribution is -2.43. The van der Waals surface area contributed by atoms with Crippen LogP contribution in [0.2, 0.25) is 0 Å². The van der Waals surface area contributed by atoms with Crippen molar-refractivity contribution in [2.45, 2.75) is 24.7 Å². The molecule has 0 unspecified atom stereocenters. The summed E-state index contributed by atoms with van der Waals surface area (Å²) in [5, 5.41) is 2.67. The van der Waals surface area contributed by atoms with Crippen molar-refractivity contribution in [1.29, 1.82) is 0 Å². The largest absolute Gasteiger partial charge is 0.326 e. The van der Waals surface area contributed by atoms with Crippen LogP contribution in [0.5, 0.6) is 0 Å². The number of amides is 1. The number of rotatable bonds is 4. The van der Waals surface area contributed by atoms with E-state index >= 15 is 0 Å². The molecule has 1 amide bonds. The fourth-order valence-corrected chi connectivity index (χ4v) is 4.57. The zero-order valence-electron chi connectivity index (χ0n) is 14.5. The van der Waals surface area contributed by atoms with Gasteiger partial charge in [-0.1, -0.05) is 23.8 Å². The Bertz CT molecular complexity index is 897. The number of hydrogen-bond acceptors (Lipinski definition) is 3. The summed E-state index contributed by atoms with van der Waals surface area (Å²) < 4.78 is 40.2. The predicted octanol–water partition coefficient (Wildman–Crippen LogP) is 3.17. The molecule has 3 rings (SSSR count). The maximum absolute atomic E-state index is 13.3. The van der Waals surface area contributed by atoms with Gasteiger partial charge >= 0.3 is 0 Å². The number of sulfonamides is 1. The molecule has 1 heterocycles. The van der Waals surface area contributed by atoms with Crippen LogP contribution in [0.1, 0.15) is 18.4 Å². The van der Waals surface area contributed by atoms with Gasteiger partial charge in [0, 0.05) is 18.8 Å². The lowest BCUT2D eigenvalue weighted by Gasteiger charge is -2.31. The van der Waals surface area contributed by atoms with Gasteiger partial charge in [0.2, 0.25) is 15.9 Å². The van der Waals surface area contributed by atoms with E-state index in [9.17, 15) is 17.6 Å². The number of nitrogens with one attached hydrogen (secondary N) is 1. The minimum atomic E-state index is -3.63. The van der Waals surface area contributed by atoms with Gasteiger partial charge in [0.25, 0.3) is 0 Å². The number of anilines is 1. The van der Waals surface area contributed by atoms with E-state index in [0.717, 1.165) is 5.56 Å². The summed E-state index contributed by atoms with van der Waals surface area (Å²) >= 11 is 0. The first-order chi connectivity index (χ1) is 12.4. The second-order valence-electron chi connectivity index (χ2n) is 6.51. The van der Waals surface area contributed by atoms with E-state index in [1.165, 1.54) is 22.5 Å². The highest BCUT2D eigenvalue weighted by Crippen LogP contribution is 2.25. The third kappa shape index (κ3) is 4.11. The van der Waals surface area contributed by atoms with Gasteiger partial charge < -0.3 is 5.32 Å². The number of nitrogens with zero attached hydrogens (tertiary/aromatic N) is 1. The van der Waals surface area contributed by atoms with Gasteiger partial charge in [0.05, 0.1) is 10.8 Å². The standard InChI is InChI=1S/C19H21FN2O3S/c1-14-7-9-18(10-8-14)26(24,25)22-11-3-4-15(13-22)19(23)21-17-6-2-5-16(20)12-17/h2,5-10,12,15H,3-4,11,13H2,1H3,(H,21,23)/t15-/m1/s1. The number of carbonyl (C=O) groups excluding carboxylic acids is 1. The zero-order chi connectivity index (χ0) is 18.7. The summed E-state index contributed by atoms with van der Waals surface area (Å²) in [6.07, 6.45) is 1.20. The molecule has 0 bridgehead atoms. The molecule has 0 aliphatic carbocycles. The number of aryl methyl sites for hydroxylation is 1. The molecule has 1 atom stereocenters. The van der Waals surface area contributed by atoms with Crippen molar-refractivity contribution in [3.8, 4) is 0 Å². The summed E-state index contributed by atoms with van der Waals surface area (Å²) in [4.78, 5) is 12.7. The molecule has 138 valence electrons. The molecular formula is C19H21FN2O3S. The molecule has 1 aliphatic rings. The minimum Gasteiger partial charge on any atom is -0.326 e. The summed E-state index contributed by atoms with van der Waals surface area (Å²) in [6, 6.07) is 12.3. The Labute approximate surface area is 152 Å². The summed E-state index contributed by atoms with van der Waals surface area (Å²) in [5.41, 5.74) is 1.35.